The van der Waals surface area contributed by atoms with Gasteiger partial charge in [0.05, 0.1) is 6.10 Å². The molecule has 1 saturated carbocycles. The summed E-state index contributed by atoms with van der Waals surface area (Å²) in [5.74, 6) is -1.34. The first-order valence-corrected chi connectivity index (χ1v) is 12.3. The highest BCUT2D eigenvalue weighted by atomic mass is 19.1. The number of aromatic nitrogens is 5. The van der Waals surface area contributed by atoms with Crippen molar-refractivity contribution in [2.75, 3.05) is 6.54 Å². The Hall–Kier alpha value is -2.78. The van der Waals surface area contributed by atoms with Crippen LogP contribution in [-0.4, -0.2) is 43.4 Å². The van der Waals surface area contributed by atoms with Crippen LogP contribution in [-0.2, 0) is 17.4 Å². The van der Waals surface area contributed by atoms with Crippen LogP contribution in [0.3, 0.4) is 0 Å². The van der Waals surface area contributed by atoms with Crippen molar-refractivity contribution in [1.82, 2.24) is 31.0 Å². The quantitative estimate of drug-likeness (QED) is 0.497. The van der Waals surface area contributed by atoms with Gasteiger partial charge in [-0.05, 0) is 74.4 Å². The molecule has 2 atom stereocenters. The van der Waals surface area contributed by atoms with Gasteiger partial charge in [0.2, 0.25) is 0 Å². The Morgan fingerprint density at radius 1 is 1.00 bits per heavy atom. The van der Waals surface area contributed by atoms with E-state index in [4.69, 9.17) is 0 Å². The molecule has 188 valence electrons. The van der Waals surface area contributed by atoms with Gasteiger partial charge in [0.15, 0.2) is 0 Å². The van der Waals surface area contributed by atoms with Crippen LogP contribution in [0.25, 0.3) is 0 Å². The molecule has 2 unspecified atom stereocenters. The highest BCUT2D eigenvalue weighted by molar-refractivity contribution is 5.34. The van der Waals surface area contributed by atoms with Crippen LogP contribution in [0.2, 0.25) is 0 Å². The van der Waals surface area contributed by atoms with E-state index in [2.05, 4.69) is 71.2 Å². The Kier molecular flexibility index (Phi) is 7.56. The van der Waals surface area contributed by atoms with Gasteiger partial charge < -0.3 is 10.4 Å². The first-order chi connectivity index (χ1) is 16.7. The minimum absolute atomic E-state index is 0.0302. The minimum atomic E-state index is -0.943. The van der Waals surface area contributed by atoms with Gasteiger partial charge in [0, 0.05) is 18.2 Å². The molecule has 0 bridgehead atoms. The smallest absolute Gasteiger partial charge is 0.126 e. The molecule has 0 aliphatic heterocycles. The van der Waals surface area contributed by atoms with E-state index in [1.54, 1.807) is 0 Å². The minimum Gasteiger partial charge on any atom is -0.389 e. The van der Waals surface area contributed by atoms with Crippen LogP contribution in [0.1, 0.15) is 75.6 Å². The molecule has 0 spiro atoms. The first kappa shape index (κ1) is 25.3. The van der Waals surface area contributed by atoms with Crippen molar-refractivity contribution in [2.45, 2.75) is 82.4 Å². The summed E-state index contributed by atoms with van der Waals surface area (Å²) >= 11 is 0. The molecular formula is C26H34F2N6O. The van der Waals surface area contributed by atoms with Crippen molar-refractivity contribution >= 4 is 0 Å². The van der Waals surface area contributed by atoms with Gasteiger partial charge in [-0.25, -0.2) is 8.78 Å². The van der Waals surface area contributed by atoms with E-state index in [0.29, 0.717) is 5.56 Å². The predicted molar refractivity (Wildman–Crippen MR) is 129 cm³/mol. The molecular weight excluding hydrogens is 450 g/mol. The van der Waals surface area contributed by atoms with E-state index in [9.17, 15) is 13.9 Å². The lowest BCUT2D eigenvalue weighted by molar-refractivity contribution is 0.0786. The van der Waals surface area contributed by atoms with E-state index in [0.717, 1.165) is 31.7 Å². The number of nitrogens with one attached hydrogen (secondary N) is 1. The largest absolute Gasteiger partial charge is 0.389 e. The van der Waals surface area contributed by atoms with Crippen molar-refractivity contribution in [1.29, 1.82) is 0 Å². The SMILES string of the molecule is CC(C)(C)c1cccc(C2(NCC(O)C(Cc3cc(F)cc(F)c3)n3nnnn3)CCCCC2)c1. The van der Waals surface area contributed by atoms with Crippen molar-refractivity contribution in [3.05, 3.63) is 70.8 Å². The Balaban J connectivity index is 1.57. The molecule has 1 aromatic heterocycles. The monoisotopic (exact) mass is 484 g/mol. The van der Waals surface area contributed by atoms with Crippen molar-refractivity contribution < 1.29 is 13.9 Å². The number of benzene rings is 2. The second-order valence-corrected chi connectivity index (χ2v) is 10.6. The molecule has 0 radical (unpaired) electrons. The first-order valence-electron chi connectivity index (χ1n) is 12.3. The van der Waals surface area contributed by atoms with Crippen LogP contribution in [0.15, 0.2) is 42.5 Å². The highest BCUT2D eigenvalue weighted by Gasteiger charge is 2.36. The summed E-state index contributed by atoms with van der Waals surface area (Å²) in [4.78, 5) is 1.21. The van der Waals surface area contributed by atoms with Gasteiger partial charge >= 0.3 is 0 Å². The average Bonchev–Trinajstić information content (AvgIpc) is 3.35. The fourth-order valence-electron chi connectivity index (χ4n) is 5.05. The molecule has 1 aliphatic rings. The summed E-state index contributed by atoms with van der Waals surface area (Å²) in [6.45, 7) is 6.87. The summed E-state index contributed by atoms with van der Waals surface area (Å²) in [5.41, 5.74) is 2.66. The second-order valence-electron chi connectivity index (χ2n) is 10.6. The van der Waals surface area contributed by atoms with Gasteiger partial charge in [-0.15, -0.1) is 4.80 Å². The van der Waals surface area contributed by atoms with E-state index in [1.807, 2.05) is 0 Å². The van der Waals surface area contributed by atoms with Gasteiger partial charge in [0.1, 0.15) is 17.7 Å². The maximum absolute atomic E-state index is 13.8. The third-order valence-corrected chi connectivity index (χ3v) is 7.05. The van der Waals surface area contributed by atoms with Crippen molar-refractivity contribution in [3.63, 3.8) is 0 Å². The maximum Gasteiger partial charge on any atom is 0.126 e. The summed E-state index contributed by atoms with van der Waals surface area (Å²) in [6, 6.07) is 11.3. The molecule has 2 aromatic carbocycles. The molecule has 0 saturated heterocycles. The van der Waals surface area contributed by atoms with E-state index >= 15 is 0 Å². The van der Waals surface area contributed by atoms with E-state index in [-0.39, 0.29) is 23.9 Å². The van der Waals surface area contributed by atoms with Gasteiger partial charge in [0.25, 0.3) is 0 Å². The van der Waals surface area contributed by atoms with Gasteiger partial charge in [-0.2, -0.15) is 0 Å². The van der Waals surface area contributed by atoms with Crippen LogP contribution >= 0.6 is 0 Å². The number of halogens is 2. The number of hydrogen-bond acceptors (Lipinski definition) is 6. The highest BCUT2D eigenvalue weighted by Crippen LogP contribution is 2.39. The number of aliphatic hydroxyl groups excluding tert-OH is 1. The van der Waals surface area contributed by atoms with Crippen LogP contribution in [0.4, 0.5) is 8.78 Å². The molecule has 2 N–H and O–H groups in total. The summed E-state index contributed by atoms with van der Waals surface area (Å²) in [6.07, 6.45) is 4.51. The summed E-state index contributed by atoms with van der Waals surface area (Å²) < 4.78 is 27.6. The average molecular weight is 485 g/mol. The van der Waals surface area contributed by atoms with Gasteiger partial charge in [-0.1, -0.05) is 64.3 Å². The Bertz CT molecular complexity index is 1090. The normalized spacial score (nSPS) is 17.8. The van der Waals surface area contributed by atoms with E-state index < -0.39 is 23.8 Å². The molecule has 7 nitrogen and oxygen atoms in total. The molecule has 4 rings (SSSR count). The molecule has 9 heteroatoms. The Morgan fingerprint density at radius 2 is 1.66 bits per heavy atom. The van der Waals surface area contributed by atoms with Crippen molar-refractivity contribution in [3.8, 4) is 0 Å². The lowest BCUT2D eigenvalue weighted by atomic mass is 9.74. The Morgan fingerprint density at radius 3 is 2.29 bits per heavy atom. The zero-order valence-electron chi connectivity index (χ0n) is 20.6. The molecule has 1 aliphatic carbocycles. The summed E-state index contributed by atoms with van der Waals surface area (Å²) in [7, 11) is 0. The van der Waals surface area contributed by atoms with Crippen LogP contribution < -0.4 is 5.32 Å². The van der Waals surface area contributed by atoms with Crippen LogP contribution in [0, 0.1) is 11.6 Å². The molecule has 1 fully saturated rings. The topological polar surface area (TPSA) is 88.8 Å². The Labute approximate surface area is 204 Å². The second kappa shape index (κ2) is 10.5. The van der Waals surface area contributed by atoms with E-state index in [1.165, 1.54) is 34.5 Å². The maximum atomic E-state index is 13.8. The van der Waals surface area contributed by atoms with Gasteiger partial charge in [-0.3, -0.25) is 0 Å². The third kappa shape index (κ3) is 6.08. The fraction of sp³-hybridized carbons (Fsp3) is 0.538. The molecule has 35 heavy (non-hydrogen) atoms. The number of rotatable bonds is 8. The predicted octanol–water partition coefficient (Wildman–Crippen LogP) is 4.24. The fourth-order valence-corrected chi connectivity index (χ4v) is 5.05. The number of aliphatic hydroxyl groups is 1. The molecule has 0 amide bonds. The zero-order valence-corrected chi connectivity index (χ0v) is 20.6. The number of nitrogens with zero attached hydrogens (tertiary/aromatic N) is 5. The lowest BCUT2D eigenvalue weighted by Crippen LogP contribution is -2.49. The number of hydrogen-bond donors (Lipinski definition) is 2. The standard InChI is InChI=1S/C26H34F2N6O/c1-25(2,3)19-8-7-9-20(15-19)26(10-5-4-6-11-26)29-17-24(35)23(34-32-30-31-33-34)14-18-12-21(27)16-22(28)13-18/h7-9,12-13,15-16,23-24,29,35H,4-6,10-11,14,17H2,1-3H3. The summed E-state index contributed by atoms with van der Waals surface area (Å²) in [5, 5.41) is 29.7. The molecule has 1 heterocycles. The van der Waals surface area contributed by atoms with Crippen molar-refractivity contribution in [2.24, 2.45) is 0 Å². The lowest BCUT2D eigenvalue weighted by Gasteiger charge is -2.40. The third-order valence-electron chi connectivity index (χ3n) is 7.05. The zero-order chi connectivity index (χ0) is 25.1. The molecule has 3 aromatic rings. The van der Waals surface area contributed by atoms with Crippen LogP contribution in [0.5, 0.6) is 0 Å².